The molecule has 8 heteroatoms. The van der Waals surface area contributed by atoms with Gasteiger partial charge in [-0.2, -0.15) is 4.99 Å². The number of aryl methyl sites for hydroxylation is 1. The highest BCUT2D eigenvalue weighted by Crippen LogP contribution is 2.19. The summed E-state index contributed by atoms with van der Waals surface area (Å²) >= 11 is 1.24. The smallest absolute Gasteiger partial charge is 0.318 e. The number of thiazole rings is 1. The molecule has 3 aromatic rings. The van der Waals surface area contributed by atoms with Gasteiger partial charge in [0.2, 0.25) is 5.76 Å². The summed E-state index contributed by atoms with van der Waals surface area (Å²) in [6.07, 6.45) is 0. The van der Waals surface area contributed by atoms with E-state index in [1.165, 1.54) is 29.5 Å². The lowest BCUT2D eigenvalue weighted by atomic mass is 10.3. The summed E-state index contributed by atoms with van der Waals surface area (Å²) in [6, 6.07) is 6.02. The summed E-state index contributed by atoms with van der Waals surface area (Å²) in [5, 5.41) is 3.69. The van der Waals surface area contributed by atoms with Crippen LogP contribution in [0.3, 0.4) is 0 Å². The van der Waals surface area contributed by atoms with E-state index in [0.29, 0.717) is 35.0 Å². The van der Waals surface area contributed by atoms with E-state index < -0.39 is 5.91 Å². The average Bonchev–Trinajstić information content (AvgIpc) is 3.11. The molecule has 6 nitrogen and oxygen atoms in total. The number of nitrogens with zero attached hydrogens (tertiary/aromatic N) is 3. The molecule has 0 fully saturated rings. The normalized spacial score (nSPS) is 12.2. The van der Waals surface area contributed by atoms with Crippen LogP contribution >= 0.6 is 11.3 Å². The Labute approximate surface area is 141 Å². The van der Waals surface area contributed by atoms with Crippen molar-refractivity contribution in [3.63, 3.8) is 0 Å². The largest absolute Gasteiger partial charge is 0.380 e. The summed E-state index contributed by atoms with van der Waals surface area (Å²) in [5.74, 6) is -0.773. The third-order valence-electron chi connectivity index (χ3n) is 3.34. The molecular formula is C16H16FN3O3S. The number of fused-ring (bicyclic) bond motifs is 1. The van der Waals surface area contributed by atoms with Gasteiger partial charge >= 0.3 is 5.91 Å². The highest BCUT2D eigenvalue weighted by molar-refractivity contribution is 7.16. The fourth-order valence-corrected chi connectivity index (χ4v) is 3.33. The number of ether oxygens (including phenoxy) is 1. The van der Waals surface area contributed by atoms with Gasteiger partial charge in [-0.05, 0) is 32.0 Å². The van der Waals surface area contributed by atoms with Crippen LogP contribution < -0.4 is 4.80 Å². The molecule has 24 heavy (non-hydrogen) atoms. The number of benzene rings is 1. The van der Waals surface area contributed by atoms with Crippen LogP contribution in [0.25, 0.3) is 10.2 Å². The minimum Gasteiger partial charge on any atom is -0.380 e. The molecule has 0 spiro atoms. The van der Waals surface area contributed by atoms with Gasteiger partial charge in [0, 0.05) is 19.2 Å². The average molecular weight is 349 g/mol. The van der Waals surface area contributed by atoms with Crippen molar-refractivity contribution in [2.24, 2.45) is 4.99 Å². The van der Waals surface area contributed by atoms with Crippen LogP contribution in [0.4, 0.5) is 4.39 Å². The highest BCUT2D eigenvalue weighted by atomic mass is 32.1. The van der Waals surface area contributed by atoms with Crippen LogP contribution in [-0.2, 0) is 11.3 Å². The minimum absolute atomic E-state index is 0.0764. The van der Waals surface area contributed by atoms with E-state index in [0.717, 1.165) is 5.52 Å². The first-order chi connectivity index (χ1) is 11.6. The van der Waals surface area contributed by atoms with Crippen LogP contribution in [0.5, 0.6) is 0 Å². The van der Waals surface area contributed by atoms with Crippen molar-refractivity contribution >= 4 is 27.5 Å². The number of carbonyl (C=O) groups is 1. The van der Waals surface area contributed by atoms with Gasteiger partial charge < -0.3 is 13.8 Å². The SMILES string of the molecule is CCOCCn1c(=NC(=O)c2cc(C)no2)sc2cc(F)ccc21. The molecule has 0 unspecified atom stereocenters. The Morgan fingerprint density at radius 2 is 2.29 bits per heavy atom. The van der Waals surface area contributed by atoms with E-state index in [9.17, 15) is 9.18 Å². The second-order valence-corrected chi connectivity index (χ2v) is 6.10. The maximum absolute atomic E-state index is 13.5. The van der Waals surface area contributed by atoms with E-state index in [1.54, 1.807) is 13.0 Å². The van der Waals surface area contributed by atoms with Crippen molar-refractivity contribution in [3.05, 3.63) is 46.3 Å². The molecule has 0 aliphatic carbocycles. The van der Waals surface area contributed by atoms with Crippen LogP contribution in [0.2, 0.25) is 0 Å². The lowest BCUT2D eigenvalue weighted by Gasteiger charge is -2.05. The number of halogens is 1. The first-order valence-electron chi connectivity index (χ1n) is 7.47. The zero-order valence-corrected chi connectivity index (χ0v) is 14.1. The second kappa shape index (κ2) is 7.06. The fraction of sp³-hybridized carbons (Fsp3) is 0.312. The Kier molecular flexibility index (Phi) is 4.86. The molecule has 0 radical (unpaired) electrons. The molecule has 2 aromatic heterocycles. The number of hydrogen-bond acceptors (Lipinski definition) is 5. The predicted octanol–water partition coefficient (Wildman–Crippen LogP) is 2.92. The summed E-state index contributed by atoms with van der Waals surface area (Å²) in [4.78, 5) is 16.8. The molecule has 1 amide bonds. The van der Waals surface area contributed by atoms with Gasteiger partial charge in [-0.3, -0.25) is 4.79 Å². The van der Waals surface area contributed by atoms with Crippen LogP contribution in [0, 0.1) is 12.7 Å². The number of carbonyl (C=O) groups excluding carboxylic acids is 1. The maximum Gasteiger partial charge on any atom is 0.318 e. The Balaban J connectivity index is 2.06. The van der Waals surface area contributed by atoms with Crippen molar-refractivity contribution in [2.45, 2.75) is 20.4 Å². The molecule has 0 saturated heterocycles. The second-order valence-electron chi connectivity index (χ2n) is 5.09. The minimum atomic E-state index is -0.521. The first kappa shape index (κ1) is 16.5. The lowest BCUT2D eigenvalue weighted by molar-refractivity contribution is 0.0961. The third kappa shape index (κ3) is 3.44. The molecule has 0 aliphatic heterocycles. The third-order valence-corrected chi connectivity index (χ3v) is 4.39. The van der Waals surface area contributed by atoms with Gasteiger partial charge in [0.05, 0.1) is 22.5 Å². The zero-order valence-electron chi connectivity index (χ0n) is 13.3. The van der Waals surface area contributed by atoms with Gasteiger partial charge in [0.1, 0.15) is 5.82 Å². The van der Waals surface area contributed by atoms with Gasteiger partial charge in [-0.25, -0.2) is 4.39 Å². The molecule has 0 saturated carbocycles. The van der Waals surface area contributed by atoms with Gasteiger partial charge in [0.15, 0.2) is 4.80 Å². The van der Waals surface area contributed by atoms with Crippen LogP contribution in [0.1, 0.15) is 23.2 Å². The number of rotatable bonds is 5. The van der Waals surface area contributed by atoms with Crippen molar-refractivity contribution in [1.29, 1.82) is 0 Å². The Morgan fingerprint density at radius 3 is 3.00 bits per heavy atom. The molecule has 0 N–H and O–H groups in total. The van der Waals surface area contributed by atoms with Crippen molar-refractivity contribution in [1.82, 2.24) is 9.72 Å². The summed E-state index contributed by atoms with van der Waals surface area (Å²) in [6.45, 7) is 5.22. The number of hydrogen-bond donors (Lipinski definition) is 0. The predicted molar refractivity (Wildman–Crippen MR) is 87.4 cm³/mol. The molecule has 0 bridgehead atoms. The van der Waals surface area contributed by atoms with E-state index in [1.807, 2.05) is 11.5 Å². The zero-order chi connectivity index (χ0) is 17.1. The van der Waals surface area contributed by atoms with Gasteiger partial charge in [-0.1, -0.05) is 16.5 Å². The lowest BCUT2D eigenvalue weighted by Crippen LogP contribution is -2.19. The van der Waals surface area contributed by atoms with Crippen molar-refractivity contribution in [3.8, 4) is 0 Å². The maximum atomic E-state index is 13.5. The van der Waals surface area contributed by atoms with Crippen LogP contribution in [0.15, 0.2) is 33.8 Å². The van der Waals surface area contributed by atoms with E-state index in [4.69, 9.17) is 9.26 Å². The van der Waals surface area contributed by atoms with E-state index >= 15 is 0 Å². The summed E-state index contributed by atoms with van der Waals surface area (Å²) in [5.41, 5.74) is 1.41. The molecule has 0 atom stereocenters. The van der Waals surface area contributed by atoms with Crippen molar-refractivity contribution in [2.75, 3.05) is 13.2 Å². The van der Waals surface area contributed by atoms with Crippen LogP contribution in [-0.4, -0.2) is 28.8 Å². The van der Waals surface area contributed by atoms with Gasteiger partial charge in [0.25, 0.3) is 0 Å². The molecule has 0 aliphatic rings. The highest BCUT2D eigenvalue weighted by Gasteiger charge is 2.13. The fourth-order valence-electron chi connectivity index (χ4n) is 2.25. The summed E-state index contributed by atoms with van der Waals surface area (Å²) in [7, 11) is 0. The molecule has 3 rings (SSSR count). The summed E-state index contributed by atoms with van der Waals surface area (Å²) < 4.78 is 26.4. The monoisotopic (exact) mass is 349 g/mol. The molecular weight excluding hydrogens is 333 g/mol. The molecule has 2 heterocycles. The molecule has 126 valence electrons. The first-order valence-corrected chi connectivity index (χ1v) is 8.29. The standard InChI is InChI=1S/C16H16FN3O3S/c1-3-22-7-6-20-12-5-4-11(17)9-14(12)24-16(20)18-15(21)13-8-10(2)19-23-13/h4-5,8-9H,3,6-7H2,1-2H3. The Bertz CT molecular complexity index is 942. The van der Waals surface area contributed by atoms with E-state index in [2.05, 4.69) is 10.1 Å². The topological polar surface area (TPSA) is 69.6 Å². The quantitative estimate of drug-likeness (QED) is 0.664. The Morgan fingerprint density at radius 1 is 1.46 bits per heavy atom. The Hall–Kier alpha value is -2.32. The molecule has 1 aromatic carbocycles. The van der Waals surface area contributed by atoms with E-state index in [-0.39, 0.29) is 11.6 Å². The van der Waals surface area contributed by atoms with Crippen molar-refractivity contribution < 1.29 is 18.4 Å². The number of amides is 1. The van der Waals surface area contributed by atoms with Gasteiger partial charge in [-0.15, -0.1) is 0 Å². The number of aromatic nitrogens is 2.